The maximum absolute atomic E-state index is 3.55. The molecule has 3 aromatic carbocycles. The molecule has 26 heavy (non-hydrogen) atoms. The molecule has 1 aromatic heterocycles. The van der Waals surface area contributed by atoms with E-state index in [1.165, 1.54) is 32.6 Å². The van der Waals surface area contributed by atoms with Gasteiger partial charge in [0.1, 0.15) is 0 Å². The van der Waals surface area contributed by atoms with E-state index in [1.807, 2.05) is 12.2 Å². The zero-order valence-electron chi connectivity index (χ0n) is 14.1. The van der Waals surface area contributed by atoms with Gasteiger partial charge in [0.2, 0.25) is 0 Å². The molecule has 1 heterocycles. The number of rotatable bonds is 0. The molecule has 0 fully saturated rings. The van der Waals surface area contributed by atoms with E-state index in [0.29, 0.717) is 0 Å². The van der Waals surface area contributed by atoms with Crippen molar-refractivity contribution in [3.63, 3.8) is 0 Å². The standard InChI is InChI=1S/C16H11BrN.C5H5.2ClH.Zr/c1-18-14-9-11(17)6-7-13(14)16-12-5-3-2-4-10(12)8-15(16)18;1-2-4-5-3-1;;;/h2-9H,1H3;1-3H,4H2;2*1H;/q2*-1;;;+4/p-2. The summed E-state index contributed by atoms with van der Waals surface area (Å²) in [5, 5.41) is 5.37. The Labute approximate surface area is 193 Å². The number of hydrogen-bond acceptors (Lipinski definition) is 0. The Morgan fingerprint density at radius 1 is 1.12 bits per heavy atom. The number of nitrogens with zero attached hydrogens (tertiary/aromatic N) is 1. The maximum Gasteiger partial charge on any atom is 4.00 e. The molecule has 0 atom stereocenters. The van der Waals surface area contributed by atoms with Crippen LogP contribution in [0.2, 0.25) is 0 Å². The van der Waals surface area contributed by atoms with Gasteiger partial charge in [0.25, 0.3) is 0 Å². The van der Waals surface area contributed by atoms with E-state index < -0.39 is 0 Å². The molecule has 0 unspecified atom stereocenters. The van der Waals surface area contributed by atoms with E-state index in [1.54, 1.807) is 0 Å². The van der Waals surface area contributed by atoms with Crippen LogP contribution in [0.15, 0.2) is 71.2 Å². The van der Waals surface area contributed by atoms with Crippen molar-refractivity contribution < 1.29 is 51.0 Å². The van der Waals surface area contributed by atoms with Gasteiger partial charge in [-0.15, -0.1) is 45.9 Å². The summed E-state index contributed by atoms with van der Waals surface area (Å²) >= 11 is 3.55. The first-order valence-corrected chi connectivity index (χ1v) is 8.49. The quantitative estimate of drug-likeness (QED) is 0.292. The largest absolute Gasteiger partial charge is 4.00 e. The average molecular weight is 524 g/mol. The van der Waals surface area contributed by atoms with Crippen molar-refractivity contribution in [2.24, 2.45) is 7.05 Å². The molecule has 0 N–H and O–H groups in total. The van der Waals surface area contributed by atoms with Crippen LogP contribution in [0, 0.1) is 6.08 Å². The minimum absolute atomic E-state index is 0. The molecule has 1 aliphatic rings. The SMILES string of the molecule is Cn1c2cc(Br)c[cH-]c2c2c3ccccc3cc21.[C-]1=CC=CC1.[Cl-].[Cl-].[Zr+4]. The minimum atomic E-state index is 0. The van der Waals surface area contributed by atoms with Gasteiger partial charge in [0.05, 0.1) is 0 Å². The Morgan fingerprint density at radius 3 is 2.54 bits per heavy atom. The first-order chi connectivity index (χ1) is 11.3. The second-order valence-corrected chi connectivity index (χ2v) is 6.63. The van der Waals surface area contributed by atoms with Crippen molar-refractivity contribution in [2.45, 2.75) is 6.42 Å². The van der Waals surface area contributed by atoms with Gasteiger partial charge < -0.3 is 29.4 Å². The molecule has 1 nitrogen and oxygen atoms in total. The van der Waals surface area contributed by atoms with Crippen molar-refractivity contribution >= 4 is 48.5 Å². The number of aromatic nitrogens is 1. The van der Waals surface area contributed by atoms with Crippen LogP contribution in [0.25, 0.3) is 32.6 Å². The Bertz CT molecular complexity index is 1070. The topological polar surface area (TPSA) is 4.93 Å². The summed E-state index contributed by atoms with van der Waals surface area (Å²) in [7, 11) is 2.13. The van der Waals surface area contributed by atoms with Crippen LogP contribution in [-0.2, 0) is 33.3 Å². The molecule has 0 aliphatic heterocycles. The second-order valence-electron chi connectivity index (χ2n) is 5.72. The first kappa shape index (κ1) is 23.3. The summed E-state index contributed by atoms with van der Waals surface area (Å²) in [6, 6.07) is 17.4. The molecule has 0 spiro atoms. The van der Waals surface area contributed by atoms with Crippen molar-refractivity contribution in [1.29, 1.82) is 0 Å². The predicted octanol–water partition coefficient (Wildman–Crippen LogP) is 0.277. The summed E-state index contributed by atoms with van der Waals surface area (Å²) in [4.78, 5) is 0. The van der Waals surface area contributed by atoms with E-state index in [0.717, 1.165) is 10.9 Å². The van der Waals surface area contributed by atoms with Gasteiger partial charge >= 0.3 is 26.2 Å². The molecule has 4 aromatic rings. The number of allylic oxidation sites excluding steroid dienone is 4. The van der Waals surface area contributed by atoms with Crippen LogP contribution in [-0.4, -0.2) is 4.57 Å². The molecule has 5 heteroatoms. The minimum Gasteiger partial charge on any atom is -1.00 e. The third-order valence-electron chi connectivity index (χ3n) is 4.32. The van der Waals surface area contributed by atoms with E-state index in [4.69, 9.17) is 0 Å². The van der Waals surface area contributed by atoms with Crippen molar-refractivity contribution in [3.05, 3.63) is 77.3 Å². The summed E-state index contributed by atoms with van der Waals surface area (Å²) < 4.78 is 3.40. The maximum atomic E-state index is 3.55. The smallest absolute Gasteiger partial charge is 1.00 e. The van der Waals surface area contributed by atoms with E-state index >= 15 is 0 Å². The van der Waals surface area contributed by atoms with Crippen molar-refractivity contribution in [1.82, 2.24) is 4.57 Å². The van der Waals surface area contributed by atoms with Gasteiger partial charge in [-0.3, -0.25) is 6.08 Å². The van der Waals surface area contributed by atoms with Crippen molar-refractivity contribution in [2.75, 3.05) is 0 Å². The van der Waals surface area contributed by atoms with Gasteiger partial charge in [-0.05, 0) is 22.5 Å². The number of halogens is 3. The van der Waals surface area contributed by atoms with Crippen LogP contribution in [0.1, 0.15) is 6.42 Å². The fourth-order valence-electron chi connectivity index (χ4n) is 3.22. The van der Waals surface area contributed by atoms with Crippen LogP contribution >= 0.6 is 15.9 Å². The third kappa shape index (κ3) is 4.23. The molecule has 0 bridgehead atoms. The molecule has 0 amide bonds. The molecule has 0 radical (unpaired) electrons. The first-order valence-electron chi connectivity index (χ1n) is 7.69. The Hall–Kier alpha value is -0.727. The van der Waals surface area contributed by atoms with Crippen LogP contribution in [0.4, 0.5) is 0 Å². The monoisotopic (exact) mass is 521 g/mol. The number of fused-ring (bicyclic) bond motifs is 5. The van der Waals surface area contributed by atoms with Crippen LogP contribution in [0.5, 0.6) is 0 Å². The number of benzene rings is 2. The molecular weight excluding hydrogens is 508 g/mol. The summed E-state index contributed by atoms with van der Waals surface area (Å²) in [5.41, 5.74) is 2.59. The molecular formula is C21H16BrCl2NZr. The molecule has 0 saturated carbocycles. The van der Waals surface area contributed by atoms with Crippen LogP contribution < -0.4 is 24.8 Å². The Balaban J connectivity index is 0.000000372. The fourth-order valence-corrected chi connectivity index (χ4v) is 3.57. The average Bonchev–Trinajstić information content (AvgIpc) is 3.28. The Kier molecular flexibility index (Phi) is 8.96. The van der Waals surface area contributed by atoms with Crippen molar-refractivity contribution in [3.8, 4) is 0 Å². The molecule has 130 valence electrons. The summed E-state index contributed by atoms with van der Waals surface area (Å²) in [5.74, 6) is 0. The Morgan fingerprint density at radius 2 is 1.88 bits per heavy atom. The van der Waals surface area contributed by atoms with Gasteiger partial charge in [-0.25, -0.2) is 12.2 Å². The zero-order valence-corrected chi connectivity index (χ0v) is 19.7. The number of aryl methyl sites for hydroxylation is 1. The number of hydrogen-bond donors (Lipinski definition) is 0. The normalized spacial score (nSPS) is 11.6. The third-order valence-corrected chi connectivity index (χ3v) is 4.81. The second kappa shape index (κ2) is 9.99. The predicted molar refractivity (Wildman–Crippen MR) is 103 cm³/mol. The molecule has 1 aliphatic carbocycles. The summed E-state index contributed by atoms with van der Waals surface area (Å²) in [6.45, 7) is 0. The van der Waals surface area contributed by atoms with Gasteiger partial charge in [-0.1, -0.05) is 39.5 Å². The molecule has 5 rings (SSSR count). The summed E-state index contributed by atoms with van der Waals surface area (Å²) in [6.07, 6.45) is 10.0. The zero-order chi connectivity index (χ0) is 15.8. The fraction of sp³-hybridized carbons (Fsp3) is 0.0952. The van der Waals surface area contributed by atoms with Gasteiger partial charge in [0.15, 0.2) is 0 Å². The van der Waals surface area contributed by atoms with Gasteiger partial charge in [0, 0.05) is 7.05 Å². The van der Waals surface area contributed by atoms with Crippen LogP contribution in [0.3, 0.4) is 0 Å². The van der Waals surface area contributed by atoms with E-state index in [9.17, 15) is 0 Å². The van der Waals surface area contributed by atoms with E-state index in [2.05, 4.69) is 88.2 Å². The van der Waals surface area contributed by atoms with Gasteiger partial charge in [-0.2, -0.15) is 6.08 Å². The van der Waals surface area contributed by atoms with E-state index in [-0.39, 0.29) is 51.0 Å². The molecule has 0 saturated heterocycles.